The van der Waals surface area contributed by atoms with E-state index in [1.807, 2.05) is 72.8 Å². The Morgan fingerprint density at radius 1 is 0.451 bits per heavy atom. The fourth-order valence-corrected chi connectivity index (χ4v) is 7.27. The van der Waals surface area contributed by atoms with Crippen molar-refractivity contribution in [3.05, 3.63) is 158 Å². The summed E-state index contributed by atoms with van der Waals surface area (Å²) in [4.78, 5) is 14.4. The molecule has 51 heavy (non-hydrogen) atoms. The molecule has 4 aromatic heterocycles. The van der Waals surface area contributed by atoms with E-state index < -0.39 is 30.2 Å². The maximum atomic E-state index is 8.75. The van der Waals surface area contributed by atoms with E-state index in [4.69, 9.17) is 30.6 Å². The lowest BCUT2D eigenvalue weighted by atomic mass is 10.1. The molecule has 238 valence electrons. The summed E-state index contributed by atoms with van der Waals surface area (Å²) in [5.41, 5.74) is 6.80. The third-order valence-electron chi connectivity index (χ3n) is 9.56. The van der Waals surface area contributed by atoms with Crippen LogP contribution in [-0.4, -0.2) is 19.5 Å². The van der Waals surface area contributed by atoms with Crippen molar-refractivity contribution in [1.29, 1.82) is 0 Å². The predicted octanol–water partition coefficient (Wildman–Crippen LogP) is 11.8. The van der Waals surface area contributed by atoms with Crippen LogP contribution in [0.5, 0.6) is 0 Å². The van der Waals surface area contributed by atoms with Crippen LogP contribution >= 0.6 is 0 Å². The minimum absolute atomic E-state index is 0.0596. The highest BCUT2D eigenvalue weighted by Crippen LogP contribution is 2.38. The average Bonchev–Trinajstić information content (AvgIpc) is 3.91. The van der Waals surface area contributed by atoms with Crippen molar-refractivity contribution in [2.75, 3.05) is 0 Å². The van der Waals surface area contributed by atoms with Crippen LogP contribution < -0.4 is 0 Å². The first-order chi connectivity index (χ1) is 27.3. The van der Waals surface area contributed by atoms with Crippen LogP contribution in [0.1, 0.15) is 6.85 Å². The number of furan rings is 2. The number of para-hydroxylation sites is 4. The van der Waals surface area contributed by atoms with Gasteiger partial charge in [0.25, 0.3) is 0 Å². The molecule has 0 saturated heterocycles. The summed E-state index contributed by atoms with van der Waals surface area (Å²) >= 11 is 0. The molecular formula is C45H26N4O2. The first-order valence-electron chi connectivity index (χ1n) is 19.0. The lowest BCUT2D eigenvalue weighted by Gasteiger charge is -2.09. The fraction of sp³-hybridized carbons (Fsp3) is 0. The fourth-order valence-electron chi connectivity index (χ4n) is 7.27. The number of hydrogen-bond acceptors (Lipinski definition) is 5. The van der Waals surface area contributed by atoms with Crippen molar-refractivity contribution >= 4 is 65.7 Å². The van der Waals surface area contributed by atoms with Crippen molar-refractivity contribution in [3.63, 3.8) is 0 Å². The monoisotopic (exact) mass is 659 g/mol. The Bertz CT molecular complexity index is 3380. The molecule has 0 atom stereocenters. The number of benzene rings is 7. The largest absolute Gasteiger partial charge is 0.456 e. The van der Waals surface area contributed by atoms with E-state index in [1.165, 1.54) is 10.8 Å². The van der Waals surface area contributed by atoms with Crippen LogP contribution in [-0.2, 0) is 0 Å². The Balaban J connectivity index is 1.11. The second-order valence-corrected chi connectivity index (χ2v) is 12.4. The summed E-state index contributed by atoms with van der Waals surface area (Å²) in [6, 6.07) is 39.8. The standard InChI is InChI=1S/C45H26N4O2/c1-2-11-27(12-3-1)43-46-44(48-45(47-43)36-17-10-16-35-32-15-6-9-20-39(32)51-42(35)36)28-21-23-33-34-24-22-29(26-41(34)50-40(33)25-28)49-37-18-7-4-13-30(37)31-14-5-8-19-38(31)49/h1-26H/i1D,2D,3D,11D,12D. The molecule has 7 aromatic carbocycles. The number of nitrogens with zero attached hydrogens (tertiary/aromatic N) is 4. The molecule has 11 aromatic rings. The Labute approximate surface area is 297 Å². The summed E-state index contributed by atoms with van der Waals surface area (Å²) in [5.74, 6) is 0.399. The molecule has 0 aliphatic heterocycles. The molecule has 6 heteroatoms. The lowest BCUT2D eigenvalue weighted by Crippen LogP contribution is -2.00. The molecule has 0 saturated carbocycles. The highest BCUT2D eigenvalue weighted by molar-refractivity contribution is 6.11. The Kier molecular flexibility index (Phi) is 4.91. The van der Waals surface area contributed by atoms with Crippen molar-refractivity contribution in [2.24, 2.45) is 0 Å². The predicted molar refractivity (Wildman–Crippen MR) is 205 cm³/mol. The van der Waals surface area contributed by atoms with Crippen LogP contribution in [0.3, 0.4) is 0 Å². The summed E-state index contributed by atoms with van der Waals surface area (Å²) in [6.07, 6.45) is 0. The van der Waals surface area contributed by atoms with E-state index in [0.29, 0.717) is 33.5 Å². The van der Waals surface area contributed by atoms with Gasteiger partial charge in [-0.25, -0.2) is 15.0 Å². The number of fused-ring (bicyclic) bond motifs is 9. The van der Waals surface area contributed by atoms with Gasteiger partial charge in [0, 0.05) is 55.2 Å². The topological polar surface area (TPSA) is 69.9 Å². The summed E-state index contributed by atoms with van der Waals surface area (Å²) in [7, 11) is 0. The minimum atomic E-state index is -0.498. The molecule has 0 spiro atoms. The summed E-state index contributed by atoms with van der Waals surface area (Å²) in [6.45, 7) is 0. The minimum Gasteiger partial charge on any atom is -0.456 e. The molecule has 0 fully saturated rings. The first kappa shape index (κ1) is 23.3. The van der Waals surface area contributed by atoms with Gasteiger partial charge in [0.15, 0.2) is 17.5 Å². The number of hydrogen-bond donors (Lipinski definition) is 0. The van der Waals surface area contributed by atoms with Gasteiger partial charge in [0.05, 0.1) is 23.5 Å². The van der Waals surface area contributed by atoms with E-state index in [2.05, 4.69) is 59.2 Å². The van der Waals surface area contributed by atoms with Gasteiger partial charge in [-0.3, -0.25) is 0 Å². The van der Waals surface area contributed by atoms with Crippen LogP contribution in [0.15, 0.2) is 166 Å². The summed E-state index contributed by atoms with van der Waals surface area (Å²) in [5, 5.41) is 6.00. The van der Waals surface area contributed by atoms with Crippen molar-refractivity contribution in [3.8, 4) is 39.9 Å². The van der Waals surface area contributed by atoms with Gasteiger partial charge in [-0.15, -0.1) is 0 Å². The molecule has 4 heterocycles. The van der Waals surface area contributed by atoms with Gasteiger partial charge in [-0.2, -0.15) is 0 Å². The van der Waals surface area contributed by atoms with Crippen molar-refractivity contribution in [2.45, 2.75) is 0 Å². The quantitative estimate of drug-likeness (QED) is 0.188. The molecule has 0 amide bonds. The van der Waals surface area contributed by atoms with E-state index >= 15 is 0 Å². The van der Waals surface area contributed by atoms with Crippen LogP contribution in [0.2, 0.25) is 0 Å². The summed E-state index contributed by atoms with van der Waals surface area (Å²) < 4.78 is 57.5. The van der Waals surface area contributed by atoms with E-state index in [1.54, 1.807) is 0 Å². The Morgan fingerprint density at radius 2 is 1.06 bits per heavy atom. The molecule has 0 bridgehead atoms. The van der Waals surface area contributed by atoms with Gasteiger partial charge >= 0.3 is 0 Å². The number of aromatic nitrogens is 4. The third kappa shape index (κ3) is 4.26. The van der Waals surface area contributed by atoms with Gasteiger partial charge in [0.2, 0.25) is 0 Å². The van der Waals surface area contributed by atoms with Gasteiger partial charge < -0.3 is 13.4 Å². The zero-order chi connectivity index (χ0) is 37.8. The maximum Gasteiger partial charge on any atom is 0.167 e. The normalized spacial score (nSPS) is 13.3. The van der Waals surface area contributed by atoms with Crippen molar-refractivity contribution in [1.82, 2.24) is 19.5 Å². The zero-order valence-corrected chi connectivity index (χ0v) is 26.7. The van der Waals surface area contributed by atoms with Gasteiger partial charge in [-0.05, 0) is 48.5 Å². The second kappa shape index (κ2) is 10.7. The maximum absolute atomic E-state index is 8.75. The molecule has 0 aliphatic rings. The van der Waals surface area contributed by atoms with Crippen LogP contribution in [0.25, 0.3) is 106 Å². The van der Waals surface area contributed by atoms with Crippen LogP contribution in [0.4, 0.5) is 0 Å². The molecular weight excluding hydrogens is 629 g/mol. The average molecular weight is 660 g/mol. The SMILES string of the molecule is [2H]c1c([2H])c([2H])c(-c2nc(-c3ccc4c(c3)oc3cc(-n5c6ccccc6c6ccccc65)ccc34)nc(-c3cccc4c3oc3ccccc34)n2)c([2H])c1[2H]. The highest BCUT2D eigenvalue weighted by atomic mass is 16.3. The molecule has 0 N–H and O–H groups in total. The molecule has 6 nitrogen and oxygen atoms in total. The number of rotatable bonds is 4. The smallest absolute Gasteiger partial charge is 0.167 e. The van der Waals surface area contributed by atoms with Gasteiger partial charge in [0.1, 0.15) is 22.3 Å². The lowest BCUT2D eigenvalue weighted by molar-refractivity contribution is 0.668. The molecule has 11 rings (SSSR count). The highest BCUT2D eigenvalue weighted by Gasteiger charge is 2.19. The molecule has 0 aliphatic carbocycles. The zero-order valence-electron chi connectivity index (χ0n) is 31.7. The van der Waals surface area contributed by atoms with Crippen LogP contribution in [0, 0.1) is 0 Å². The molecule has 0 unspecified atom stereocenters. The first-order valence-corrected chi connectivity index (χ1v) is 16.5. The third-order valence-corrected chi connectivity index (χ3v) is 9.56. The van der Waals surface area contributed by atoms with E-state index in [9.17, 15) is 0 Å². The Morgan fingerprint density at radius 3 is 1.84 bits per heavy atom. The Hall–Kier alpha value is -7.05. The second-order valence-electron chi connectivity index (χ2n) is 12.4. The van der Waals surface area contributed by atoms with E-state index in [0.717, 1.165) is 38.3 Å². The van der Waals surface area contributed by atoms with Crippen molar-refractivity contribution < 1.29 is 15.7 Å². The van der Waals surface area contributed by atoms with Gasteiger partial charge in [-0.1, -0.05) is 103 Å². The van der Waals surface area contributed by atoms with E-state index in [-0.39, 0.29) is 23.0 Å². The molecule has 0 radical (unpaired) electrons.